The van der Waals surface area contributed by atoms with Gasteiger partial charge in [0.25, 0.3) is 0 Å². The molecule has 0 heterocycles. The Kier molecular flexibility index (Phi) is 5.63. The lowest BCUT2D eigenvalue weighted by atomic mass is 9.87. The van der Waals surface area contributed by atoms with Crippen LogP contribution in [0.5, 0.6) is 0 Å². The van der Waals surface area contributed by atoms with Gasteiger partial charge in [-0.1, -0.05) is 20.8 Å². The van der Waals surface area contributed by atoms with Gasteiger partial charge in [-0.15, -0.1) is 0 Å². The van der Waals surface area contributed by atoms with Crippen LogP contribution in [-0.4, -0.2) is 29.1 Å². The second-order valence-electron chi connectivity index (χ2n) is 6.49. The van der Waals surface area contributed by atoms with Crippen LogP contribution in [-0.2, 0) is 4.79 Å². The van der Waals surface area contributed by atoms with E-state index >= 15 is 0 Å². The average molecular weight is 229 g/mol. The van der Waals surface area contributed by atoms with Crippen LogP contribution in [0, 0.1) is 5.41 Å². The van der Waals surface area contributed by atoms with Crippen LogP contribution in [0.4, 0.5) is 0 Å². The number of carbonyl (C=O) groups is 1. The SMILES string of the molecule is CC(C)(C)NC(CO)CCC(=O)C(C)(C)C. The molecule has 1 unspecified atom stereocenters. The molecule has 0 aromatic carbocycles. The van der Waals surface area contributed by atoms with E-state index in [1.807, 2.05) is 20.8 Å². The van der Waals surface area contributed by atoms with Crippen molar-refractivity contribution in [2.75, 3.05) is 6.61 Å². The summed E-state index contributed by atoms with van der Waals surface area (Å²) < 4.78 is 0. The predicted molar refractivity (Wildman–Crippen MR) is 67.5 cm³/mol. The van der Waals surface area contributed by atoms with Gasteiger partial charge in [-0.25, -0.2) is 0 Å². The smallest absolute Gasteiger partial charge is 0.138 e. The van der Waals surface area contributed by atoms with E-state index in [2.05, 4.69) is 26.1 Å². The lowest BCUT2D eigenvalue weighted by Crippen LogP contribution is -2.45. The maximum Gasteiger partial charge on any atom is 0.138 e. The summed E-state index contributed by atoms with van der Waals surface area (Å²) in [7, 11) is 0. The summed E-state index contributed by atoms with van der Waals surface area (Å²) in [6, 6.07) is 0.00583. The molecule has 0 aliphatic heterocycles. The number of aliphatic hydroxyl groups excluding tert-OH is 1. The zero-order valence-corrected chi connectivity index (χ0v) is 11.6. The lowest BCUT2D eigenvalue weighted by molar-refractivity contribution is -0.126. The van der Waals surface area contributed by atoms with Crippen molar-refractivity contribution in [3.63, 3.8) is 0 Å². The van der Waals surface area contributed by atoms with Crippen molar-refractivity contribution in [2.24, 2.45) is 5.41 Å². The van der Waals surface area contributed by atoms with Crippen molar-refractivity contribution in [1.29, 1.82) is 0 Å². The summed E-state index contributed by atoms with van der Waals surface area (Å²) in [6.07, 6.45) is 1.22. The fraction of sp³-hybridized carbons (Fsp3) is 0.923. The minimum absolute atomic E-state index is 0.00583. The van der Waals surface area contributed by atoms with E-state index in [0.717, 1.165) is 0 Å². The standard InChI is InChI=1S/C13H27NO2/c1-12(2,3)11(16)8-7-10(9-15)14-13(4,5)6/h10,14-15H,7-9H2,1-6H3. The second kappa shape index (κ2) is 5.78. The Morgan fingerprint density at radius 3 is 2.00 bits per heavy atom. The quantitative estimate of drug-likeness (QED) is 0.759. The van der Waals surface area contributed by atoms with Crippen LogP contribution >= 0.6 is 0 Å². The largest absolute Gasteiger partial charge is 0.395 e. The number of rotatable bonds is 5. The van der Waals surface area contributed by atoms with Gasteiger partial charge in [-0.2, -0.15) is 0 Å². The monoisotopic (exact) mass is 229 g/mol. The molecule has 0 aliphatic carbocycles. The first-order valence-corrected chi connectivity index (χ1v) is 5.98. The summed E-state index contributed by atoms with van der Waals surface area (Å²) in [5, 5.41) is 12.5. The number of hydrogen-bond donors (Lipinski definition) is 2. The molecule has 2 N–H and O–H groups in total. The van der Waals surface area contributed by atoms with E-state index in [1.165, 1.54) is 0 Å². The molecule has 0 rings (SSSR count). The van der Waals surface area contributed by atoms with E-state index in [9.17, 15) is 9.90 Å². The molecular weight excluding hydrogens is 202 g/mol. The molecule has 0 aliphatic rings. The number of Topliss-reactive ketones (excluding diaryl/α,β-unsaturated/α-hetero) is 1. The Morgan fingerprint density at radius 1 is 1.19 bits per heavy atom. The van der Waals surface area contributed by atoms with E-state index in [1.54, 1.807) is 0 Å². The first-order chi connectivity index (χ1) is 7.06. The molecule has 3 heteroatoms. The lowest BCUT2D eigenvalue weighted by Gasteiger charge is -2.28. The van der Waals surface area contributed by atoms with E-state index in [-0.39, 0.29) is 29.4 Å². The van der Waals surface area contributed by atoms with Gasteiger partial charge >= 0.3 is 0 Å². The van der Waals surface area contributed by atoms with Crippen LogP contribution in [0.15, 0.2) is 0 Å². The third-order valence-electron chi connectivity index (χ3n) is 2.41. The first kappa shape index (κ1) is 15.6. The van der Waals surface area contributed by atoms with Gasteiger partial charge in [-0.3, -0.25) is 4.79 Å². The molecule has 0 radical (unpaired) electrons. The van der Waals surface area contributed by atoms with Crippen molar-refractivity contribution in [2.45, 2.75) is 66.0 Å². The molecule has 0 saturated heterocycles. The van der Waals surface area contributed by atoms with Crippen LogP contribution < -0.4 is 5.32 Å². The third-order valence-corrected chi connectivity index (χ3v) is 2.41. The maximum absolute atomic E-state index is 11.7. The number of ketones is 1. The molecule has 1 atom stereocenters. The molecule has 16 heavy (non-hydrogen) atoms. The second-order valence-corrected chi connectivity index (χ2v) is 6.49. The van der Waals surface area contributed by atoms with Gasteiger partial charge in [0.15, 0.2) is 0 Å². The van der Waals surface area contributed by atoms with Crippen molar-refractivity contribution in [3.8, 4) is 0 Å². The van der Waals surface area contributed by atoms with Crippen molar-refractivity contribution in [3.05, 3.63) is 0 Å². The van der Waals surface area contributed by atoms with Crippen LogP contribution in [0.25, 0.3) is 0 Å². The van der Waals surface area contributed by atoms with Gasteiger partial charge in [0, 0.05) is 23.4 Å². The fourth-order valence-corrected chi connectivity index (χ4v) is 1.50. The van der Waals surface area contributed by atoms with Crippen LogP contribution in [0.3, 0.4) is 0 Å². The fourth-order valence-electron chi connectivity index (χ4n) is 1.50. The van der Waals surface area contributed by atoms with E-state index in [4.69, 9.17) is 0 Å². The number of aliphatic hydroxyl groups is 1. The predicted octanol–water partition coefficient (Wildman–Crippen LogP) is 2.13. The van der Waals surface area contributed by atoms with Gasteiger partial charge in [0.2, 0.25) is 0 Å². The zero-order valence-electron chi connectivity index (χ0n) is 11.6. The van der Waals surface area contributed by atoms with Crippen molar-refractivity contribution in [1.82, 2.24) is 5.32 Å². The highest BCUT2D eigenvalue weighted by atomic mass is 16.3. The zero-order chi connectivity index (χ0) is 13.0. The van der Waals surface area contributed by atoms with Gasteiger partial charge in [0.05, 0.1) is 6.61 Å². The summed E-state index contributed by atoms with van der Waals surface area (Å²) in [6.45, 7) is 12.0. The van der Waals surface area contributed by atoms with Crippen LogP contribution in [0.1, 0.15) is 54.4 Å². The third kappa shape index (κ3) is 6.96. The van der Waals surface area contributed by atoms with Gasteiger partial charge < -0.3 is 10.4 Å². The highest BCUT2D eigenvalue weighted by Gasteiger charge is 2.23. The Hall–Kier alpha value is -0.410. The minimum Gasteiger partial charge on any atom is -0.395 e. The molecule has 3 nitrogen and oxygen atoms in total. The normalized spacial score (nSPS) is 14.9. The Balaban J connectivity index is 4.12. The summed E-state index contributed by atoms with van der Waals surface area (Å²) in [5.74, 6) is 0.252. The Labute approximate surface area is 99.6 Å². The van der Waals surface area contributed by atoms with E-state index < -0.39 is 0 Å². The maximum atomic E-state index is 11.7. The molecule has 0 fully saturated rings. The molecular formula is C13H27NO2. The minimum atomic E-state index is -0.276. The Bertz CT molecular complexity index is 223. The number of hydrogen-bond acceptors (Lipinski definition) is 3. The molecule has 0 aromatic heterocycles. The highest BCUT2D eigenvalue weighted by molar-refractivity contribution is 5.83. The van der Waals surface area contributed by atoms with Crippen molar-refractivity contribution < 1.29 is 9.90 Å². The molecule has 0 bridgehead atoms. The number of carbonyl (C=O) groups excluding carboxylic acids is 1. The van der Waals surface area contributed by atoms with E-state index in [0.29, 0.717) is 12.8 Å². The summed E-state index contributed by atoms with van der Waals surface area (Å²) in [4.78, 5) is 11.7. The molecule has 0 spiro atoms. The molecule has 0 aromatic rings. The average Bonchev–Trinajstić information content (AvgIpc) is 2.08. The van der Waals surface area contributed by atoms with Crippen molar-refractivity contribution >= 4 is 5.78 Å². The Morgan fingerprint density at radius 2 is 1.69 bits per heavy atom. The van der Waals surface area contributed by atoms with Gasteiger partial charge in [0.1, 0.15) is 5.78 Å². The molecule has 0 saturated carbocycles. The topological polar surface area (TPSA) is 49.3 Å². The summed E-state index contributed by atoms with van der Waals surface area (Å²) in [5.41, 5.74) is -0.306. The molecule has 96 valence electrons. The van der Waals surface area contributed by atoms with Crippen LogP contribution in [0.2, 0.25) is 0 Å². The molecule has 0 amide bonds. The first-order valence-electron chi connectivity index (χ1n) is 5.98. The number of nitrogens with one attached hydrogen (secondary N) is 1. The summed E-state index contributed by atoms with van der Waals surface area (Å²) >= 11 is 0. The highest BCUT2D eigenvalue weighted by Crippen LogP contribution is 2.18. The van der Waals surface area contributed by atoms with Gasteiger partial charge in [-0.05, 0) is 27.2 Å².